The SMILES string of the molecule is CN(C)c1ccc(C#Cc2nc3ccccc3n2CCF)cc1.CNc1ccc(C#Cc2nc3ccccc3n2CCOCCOCCF)cc1.Cn1c(C#Cc2ccc(NCCCF)cc2)nc2ccccc21.FCCCNc1ccc(C#Cc2nc3ccccc3[nH]2)cc1.FCCOCCOCCn1c(C#Cc2cnc3[nH]ccc3c2)nc2ccccc21.Fc1ccc(C#Cc2ccc3scnc3c2)cn1. The van der Waals surface area contributed by atoms with E-state index in [1.807, 2.05) is 307 Å². The number of aryl methyl sites for hydroxylation is 2. The number of fused-ring (bicyclic) bond motifs is 7. The summed E-state index contributed by atoms with van der Waals surface area (Å²) in [5, 5.41) is 10.4. The Morgan fingerprint density at radius 3 is 1.30 bits per heavy atom. The first-order valence-corrected chi connectivity index (χ1v) is 47.2. The summed E-state index contributed by atoms with van der Waals surface area (Å²) in [5.74, 6) is 40.1. The third-order valence-corrected chi connectivity index (χ3v) is 22.4. The Balaban J connectivity index is 0.000000137. The number of alkyl halides is 5. The molecule has 0 fully saturated rings. The molecule has 0 aliphatic rings. The Bertz CT molecular complexity index is 7710. The van der Waals surface area contributed by atoms with Crippen molar-refractivity contribution in [2.75, 3.05) is 141 Å². The van der Waals surface area contributed by atoms with E-state index in [1.54, 1.807) is 23.6 Å². The molecule has 10 aromatic carbocycles. The third kappa shape index (κ3) is 30.6. The molecule has 0 saturated heterocycles. The van der Waals surface area contributed by atoms with Gasteiger partial charge in [-0.25, -0.2) is 53.0 Å². The molecule has 22 nitrogen and oxygen atoms in total. The number of aromatic amines is 2. The van der Waals surface area contributed by atoms with Gasteiger partial charge in [0.25, 0.3) is 0 Å². The molecule has 19 aromatic rings. The third-order valence-electron chi connectivity index (χ3n) is 21.6. The van der Waals surface area contributed by atoms with Crippen LogP contribution in [0.5, 0.6) is 0 Å². The summed E-state index contributed by atoms with van der Waals surface area (Å²) in [6.07, 6.45) is 6.07. The number of ether oxygens (including phenoxy) is 4. The zero-order chi connectivity index (χ0) is 99.4. The number of pyridine rings is 2. The van der Waals surface area contributed by atoms with Gasteiger partial charge in [0.05, 0.1) is 144 Å². The molecular weight excluding hydrogens is 1830 g/mol. The largest absolute Gasteiger partial charge is 0.388 e. The second-order valence-electron chi connectivity index (χ2n) is 31.7. The van der Waals surface area contributed by atoms with Crippen LogP contribution < -0.4 is 20.9 Å². The predicted octanol–water partition coefficient (Wildman–Crippen LogP) is 21.0. The minimum atomic E-state index is -0.496. The second-order valence-corrected chi connectivity index (χ2v) is 32.6. The van der Waals surface area contributed by atoms with Crippen LogP contribution in [0.15, 0.2) is 285 Å². The lowest BCUT2D eigenvalue weighted by Gasteiger charge is -2.11. The van der Waals surface area contributed by atoms with Gasteiger partial charge in [-0.1, -0.05) is 102 Å². The number of hydrogen-bond acceptors (Lipinski definition) is 17. The number of H-pyrrole nitrogens is 2. The van der Waals surface area contributed by atoms with Crippen LogP contribution in [-0.2, 0) is 45.6 Å². The van der Waals surface area contributed by atoms with E-state index in [-0.39, 0.29) is 33.1 Å². The van der Waals surface area contributed by atoms with Crippen molar-refractivity contribution < 1.29 is 45.3 Å². The van der Waals surface area contributed by atoms with Gasteiger partial charge in [0, 0.05) is 140 Å². The summed E-state index contributed by atoms with van der Waals surface area (Å²) in [6, 6.07) is 83.7. The van der Waals surface area contributed by atoms with Crippen LogP contribution in [0, 0.1) is 77.0 Å². The number of rotatable bonds is 28. The van der Waals surface area contributed by atoms with E-state index in [0.29, 0.717) is 108 Å². The summed E-state index contributed by atoms with van der Waals surface area (Å²) in [6.45, 7) is 3.67. The summed E-state index contributed by atoms with van der Waals surface area (Å²) >= 11 is 1.60. The van der Waals surface area contributed by atoms with Crippen molar-refractivity contribution in [3.8, 4) is 71.0 Å². The topological polar surface area (TPSA) is 231 Å². The molecule has 19 rings (SSSR count). The fourth-order valence-corrected chi connectivity index (χ4v) is 15.0. The molecule has 143 heavy (non-hydrogen) atoms. The van der Waals surface area contributed by atoms with E-state index in [2.05, 4.69) is 141 Å². The monoisotopic (exact) mass is 1930 g/mol. The fourth-order valence-electron chi connectivity index (χ4n) is 14.3. The Morgan fingerprint density at radius 1 is 0.371 bits per heavy atom. The maximum Gasteiger partial charge on any atom is 0.212 e. The van der Waals surface area contributed by atoms with E-state index in [1.165, 1.54) is 12.3 Å². The van der Waals surface area contributed by atoms with Gasteiger partial charge < -0.3 is 68.0 Å². The molecule has 0 bridgehead atoms. The molecule has 29 heteroatoms. The Kier molecular flexibility index (Phi) is 39.0. The number of aromatic nitrogens is 14. The first-order valence-electron chi connectivity index (χ1n) is 46.4. The quantitative estimate of drug-likeness (QED) is 0.0133. The summed E-state index contributed by atoms with van der Waals surface area (Å²) in [7, 11) is 7.86. The highest BCUT2D eigenvalue weighted by Gasteiger charge is 2.14. The van der Waals surface area contributed by atoms with Crippen LogP contribution in [0.25, 0.3) is 76.4 Å². The normalized spacial score (nSPS) is 10.5. The average molecular weight is 1940 g/mol. The van der Waals surface area contributed by atoms with Gasteiger partial charge in [0.15, 0.2) is 29.1 Å². The maximum absolute atomic E-state index is 12.8. The number of thiazole rings is 1. The van der Waals surface area contributed by atoms with Crippen molar-refractivity contribution in [1.29, 1.82) is 0 Å². The van der Waals surface area contributed by atoms with Gasteiger partial charge in [-0.2, -0.15) is 4.39 Å². The number of imidazole rings is 5. The molecule has 0 amide bonds. The number of nitrogens with zero attached hydrogens (tertiary/aromatic N) is 13. The molecule has 0 spiro atoms. The van der Waals surface area contributed by atoms with Crippen LogP contribution in [0.1, 0.15) is 80.9 Å². The van der Waals surface area contributed by atoms with E-state index >= 15 is 0 Å². The fraction of sp³-hybridized carbons (Fsp3) is 0.211. The van der Waals surface area contributed by atoms with Crippen molar-refractivity contribution in [1.82, 2.24) is 68.1 Å². The van der Waals surface area contributed by atoms with Crippen LogP contribution in [0.3, 0.4) is 0 Å². The minimum Gasteiger partial charge on any atom is -0.388 e. The van der Waals surface area contributed by atoms with Gasteiger partial charge in [-0.3, -0.25) is 8.78 Å². The molecular formula is C114H104F6N18O4S. The van der Waals surface area contributed by atoms with Crippen LogP contribution in [0.4, 0.5) is 49.1 Å². The van der Waals surface area contributed by atoms with Gasteiger partial charge in [-0.15, -0.1) is 11.3 Å². The maximum atomic E-state index is 12.8. The molecule has 0 aliphatic carbocycles. The highest BCUT2D eigenvalue weighted by molar-refractivity contribution is 7.16. The molecule has 0 saturated carbocycles. The zero-order valence-electron chi connectivity index (χ0n) is 79.4. The second kappa shape index (κ2) is 54.6. The molecule has 0 atom stereocenters. The number of anilines is 4. The van der Waals surface area contributed by atoms with E-state index in [9.17, 15) is 26.3 Å². The lowest BCUT2D eigenvalue weighted by atomic mass is 10.2. The average Bonchev–Trinajstić information content (AvgIpc) is 1.68. The summed E-state index contributed by atoms with van der Waals surface area (Å²) in [4.78, 5) is 43.2. The standard InChI is InChI=1S/C22H21FN4O2.C22H24FN3O2.2C19H18FN3.C18H16FN3.C14H7FN2S/c23-8-11-28-13-14-29-12-10-27-20-4-2-1-3-19(20)26-21(27)6-5-17-15-18-7-9-24-22(18)25-16-17;1-24-19-9-6-18(7-10-19)8-11-22-25-20-4-2-3-5-21(20)26(22)13-15-28-17-16-27-14-12-23;1-22(2)16-10-7-15(8-11-16)9-12-19-21-17-5-3-4-6-18(17)23(19)14-13-20;1-23-18-6-3-2-5-17(18)22-19(23)12-9-15-7-10-16(11-8-15)21-14-4-13-20;19-12-3-13-20-15-9-6-14(7-10-15)8-11-18-21-16-4-1-2-5-17(16)22-18;15-14-6-4-11(8-16-14)2-1-10-3-5-13-12(7-10)17-9-18-13/h1-4,7,9,15-16H,8,10-14H2,(H,24,25);2-7,9-10,24H,12-17H2,1H3;3-8,10-11H,13-14H2,1-2H3;2-3,5-8,10-11,21H,4,13-14H2,1H3;1-2,4-7,9-10,20H,3,12-13H2,(H,21,22);3-9H. The van der Waals surface area contributed by atoms with Crippen LogP contribution >= 0.6 is 11.3 Å². The Hall–Kier alpha value is -16.7. The highest BCUT2D eigenvalue weighted by atomic mass is 32.1. The number of hydrogen-bond donors (Lipinski definition) is 5. The smallest absolute Gasteiger partial charge is 0.212 e. The lowest BCUT2D eigenvalue weighted by Crippen LogP contribution is -2.12. The highest BCUT2D eigenvalue weighted by Crippen LogP contribution is 2.24. The van der Waals surface area contributed by atoms with Gasteiger partial charge in [-0.05, 0) is 243 Å². The summed E-state index contributed by atoms with van der Waals surface area (Å²) in [5.41, 5.74) is 23.3. The number of para-hydroxylation sites is 10. The number of benzene rings is 10. The summed E-state index contributed by atoms with van der Waals surface area (Å²) < 4.78 is 104. The molecule has 0 unspecified atom stereocenters. The van der Waals surface area contributed by atoms with Gasteiger partial charge in [0.1, 0.15) is 25.7 Å². The first-order chi connectivity index (χ1) is 70.3. The minimum absolute atomic E-state index is 0.110. The van der Waals surface area contributed by atoms with Crippen molar-refractivity contribution >= 4 is 111 Å². The molecule has 9 aromatic heterocycles. The Labute approximate surface area is 829 Å². The number of nitrogens with one attached hydrogen (secondary N) is 5. The van der Waals surface area contributed by atoms with E-state index in [4.69, 9.17) is 18.9 Å². The van der Waals surface area contributed by atoms with Crippen LogP contribution in [-0.4, -0.2) is 189 Å². The van der Waals surface area contributed by atoms with E-state index < -0.39 is 26.0 Å². The Morgan fingerprint density at radius 2 is 0.804 bits per heavy atom. The molecule has 9 heterocycles. The van der Waals surface area contributed by atoms with Crippen LogP contribution in [0.2, 0.25) is 0 Å². The predicted molar refractivity (Wildman–Crippen MR) is 561 cm³/mol. The molecule has 722 valence electrons. The molecule has 0 aliphatic heterocycles. The van der Waals surface area contributed by atoms with Crippen molar-refractivity contribution in [2.24, 2.45) is 7.05 Å². The van der Waals surface area contributed by atoms with Crippen molar-refractivity contribution in [3.63, 3.8) is 0 Å². The first kappa shape index (κ1) is 102. The zero-order valence-corrected chi connectivity index (χ0v) is 80.2. The van der Waals surface area contributed by atoms with Gasteiger partial charge in [0.2, 0.25) is 5.95 Å². The van der Waals surface area contributed by atoms with Crippen molar-refractivity contribution in [3.05, 3.63) is 359 Å². The molecule has 5 N–H and O–H groups in total. The molecule has 0 radical (unpaired) electrons. The lowest BCUT2D eigenvalue weighted by molar-refractivity contribution is 0.0404. The van der Waals surface area contributed by atoms with E-state index in [0.717, 1.165) is 138 Å². The van der Waals surface area contributed by atoms with Crippen molar-refractivity contribution in [2.45, 2.75) is 32.5 Å². The number of halogens is 6. The van der Waals surface area contributed by atoms with Gasteiger partial charge >= 0.3 is 0 Å².